The second kappa shape index (κ2) is 7.06. The number of hydrogen-bond donors (Lipinski definition) is 3. The first-order chi connectivity index (χ1) is 10.3. The molecule has 2 saturated heterocycles. The highest BCUT2D eigenvalue weighted by atomic mass is 79.9. The summed E-state index contributed by atoms with van der Waals surface area (Å²) in [5.41, 5.74) is 5.41. The van der Waals surface area contributed by atoms with E-state index in [2.05, 4.69) is 26.0 Å². The zero-order chi connectivity index (χ0) is 15.9. The number of carbonyl (C=O) groups excluding carboxylic acids is 1. The van der Waals surface area contributed by atoms with Crippen LogP contribution in [0.4, 0.5) is 0 Å². The summed E-state index contributed by atoms with van der Waals surface area (Å²) in [6.45, 7) is 0. The highest BCUT2D eigenvalue weighted by Crippen LogP contribution is 2.28. The molecule has 128 valence electrons. The van der Waals surface area contributed by atoms with Crippen molar-refractivity contribution in [3.63, 3.8) is 0 Å². The SMILES string of the molecule is Cl.NC(=O)c1cc(Br)cc(S(=O)(=O)NC2CC3CCC(C2)N3)c1. The zero-order valence-electron chi connectivity index (χ0n) is 12.3. The van der Waals surface area contributed by atoms with Gasteiger partial charge in [-0.05, 0) is 43.9 Å². The summed E-state index contributed by atoms with van der Waals surface area (Å²) in [6.07, 6.45) is 3.80. The Kier molecular flexibility index (Phi) is 5.73. The van der Waals surface area contributed by atoms with Crippen molar-refractivity contribution in [3.05, 3.63) is 28.2 Å². The minimum Gasteiger partial charge on any atom is -0.366 e. The average molecular weight is 425 g/mol. The van der Waals surface area contributed by atoms with Crippen LogP contribution in [0.15, 0.2) is 27.6 Å². The van der Waals surface area contributed by atoms with Crippen molar-refractivity contribution in [2.75, 3.05) is 0 Å². The summed E-state index contributed by atoms with van der Waals surface area (Å²) in [6, 6.07) is 5.02. The van der Waals surface area contributed by atoms with Gasteiger partial charge >= 0.3 is 0 Å². The minimum absolute atomic E-state index is 0. The standard InChI is InChI=1S/C14H18BrN3O3S.ClH/c15-9-3-8(14(16)19)4-13(5-9)22(20,21)18-12-6-10-1-2-11(7-12)17-10;/h3-5,10-12,17-18H,1-2,6-7H2,(H2,16,19);1H. The topological polar surface area (TPSA) is 101 Å². The van der Waals surface area contributed by atoms with Crippen LogP contribution in [0.25, 0.3) is 0 Å². The van der Waals surface area contributed by atoms with Crippen LogP contribution in [0.5, 0.6) is 0 Å². The Morgan fingerprint density at radius 1 is 1.22 bits per heavy atom. The molecule has 4 N–H and O–H groups in total. The van der Waals surface area contributed by atoms with E-state index in [1.165, 1.54) is 18.2 Å². The molecule has 2 aliphatic heterocycles. The van der Waals surface area contributed by atoms with Crippen LogP contribution >= 0.6 is 28.3 Å². The Bertz CT molecular complexity index is 701. The quantitative estimate of drug-likeness (QED) is 0.682. The van der Waals surface area contributed by atoms with Crippen LogP contribution in [0.3, 0.4) is 0 Å². The Morgan fingerprint density at radius 3 is 2.39 bits per heavy atom. The van der Waals surface area contributed by atoms with Gasteiger partial charge in [-0.3, -0.25) is 4.79 Å². The maximum atomic E-state index is 12.6. The molecular formula is C14H19BrClN3O3S. The summed E-state index contributed by atoms with van der Waals surface area (Å²) < 4.78 is 28.4. The molecule has 0 saturated carbocycles. The molecule has 2 fully saturated rings. The number of rotatable bonds is 4. The molecule has 1 aromatic rings. The fourth-order valence-electron chi connectivity index (χ4n) is 3.30. The van der Waals surface area contributed by atoms with Crippen LogP contribution < -0.4 is 15.8 Å². The van der Waals surface area contributed by atoms with Crippen LogP contribution in [0.1, 0.15) is 36.0 Å². The summed E-state index contributed by atoms with van der Waals surface area (Å²) in [5, 5.41) is 3.48. The van der Waals surface area contributed by atoms with Crippen molar-refractivity contribution >= 4 is 44.3 Å². The number of amides is 1. The third kappa shape index (κ3) is 4.24. The molecular weight excluding hydrogens is 406 g/mol. The molecule has 2 heterocycles. The molecule has 0 spiro atoms. The van der Waals surface area contributed by atoms with Gasteiger partial charge in [0.25, 0.3) is 0 Å². The molecule has 9 heteroatoms. The van der Waals surface area contributed by atoms with E-state index >= 15 is 0 Å². The Hall–Kier alpha value is -0.670. The van der Waals surface area contributed by atoms with E-state index in [-0.39, 0.29) is 28.9 Å². The molecule has 0 radical (unpaired) electrons. The van der Waals surface area contributed by atoms with Crippen molar-refractivity contribution in [2.45, 2.75) is 48.7 Å². The summed E-state index contributed by atoms with van der Waals surface area (Å²) in [7, 11) is -3.67. The van der Waals surface area contributed by atoms with Crippen LogP contribution in [-0.2, 0) is 10.0 Å². The van der Waals surface area contributed by atoms with Gasteiger partial charge in [-0.25, -0.2) is 13.1 Å². The van der Waals surface area contributed by atoms with Crippen LogP contribution in [-0.4, -0.2) is 32.5 Å². The third-order valence-electron chi connectivity index (χ3n) is 4.26. The molecule has 0 aromatic heterocycles. The van der Waals surface area contributed by atoms with Gasteiger partial charge in [0.05, 0.1) is 4.90 Å². The Balaban J connectivity index is 0.00000192. The normalized spacial score (nSPS) is 26.6. The number of hydrogen-bond acceptors (Lipinski definition) is 4. The number of halogens is 2. The molecule has 6 nitrogen and oxygen atoms in total. The number of piperidine rings is 1. The van der Waals surface area contributed by atoms with Crippen molar-refractivity contribution in [1.29, 1.82) is 0 Å². The summed E-state index contributed by atoms with van der Waals surface area (Å²) in [5.74, 6) is -0.655. The van der Waals surface area contributed by atoms with E-state index in [9.17, 15) is 13.2 Å². The average Bonchev–Trinajstić information content (AvgIpc) is 2.76. The van der Waals surface area contributed by atoms with E-state index in [1.807, 2.05) is 0 Å². The highest BCUT2D eigenvalue weighted by molar-refractivity contribution is 9.10. The predicted octanol–water partition coefficient (Wildman–Crippen LogP) is 1.53. The van der Waals surface area contributed by atoms with Crippen molar-refractivity contribution in [3.8, 4) is 0 Å². The van der Waals surface area contributed by atoms with Gasteiger partial charge in [-0.2, -0.15) is 0 Å². The molecule has 2 atom stereocenters. The Labute approximate surface area is 150 Å². The van der Waals surface area contributed by atoms with E-state index in [0.717, 1.165) is 25.7 Å². The number of sulfonamides is 1. The van der Waals surface area contributed by atoms with Gasteiger partial charge in [-0.15, -0.1) is 12.4 Å². The molecule has 1 amide bonds. The third-order valence-corrected chi connectivity index (χ3v) is 6.22. The lowest BCUT2D eigenvalue weighted by atomic mass is 10.0. The number of nitrogens with one attached hydrogen (secondary N) is 2. The number of benzene rings is 1. The monoisotopic (exact) mass is 423 g/mol. The highest BCUT2D eigenvalue weighted by Gasteiger charge is 2.35. The molecule has 23 heavy (non-hydrogen) atoms. The molecule has 3 rings (SSSR count). The van der Waals surface area contributed by atoms with Gasteiger partial charge in [0.1, 0.15) is 0 Å². The fraction of sp³-hybridized carbons (Fsp3) is 0.500. The zero-order valence-corrected chi connectivity index (χ0v) is 15.5. The largest absolute Gasteiger partial charge is 0.366 e. The van der Waals surface area contributed by atoms with Crippen LogP contribution in [0.2, 0.25) is 0 Å². The summed E-state index contributed by atoms with van der Waals surface area (Å²) in [4.78, 5) is 11.4. The molecule has 0 aliphatic carbocycles. The first kappa shape index (κ1) is 18.7. The van der Waals surface area contributed by atoms with E-state index < -0.39 is 15.9 Å². The van der Waals surface area contributed by atoms with Gasteiger partial charge in [0.15, 0.2) is 0 Å². The van der Waals surface area contributed by atoms with E-state index in [1.54, 1.807) is 0 Å². The van der Waals surface area contributed by atoms with Gasteiger partial charge in [0.2, 0.25) is 15.9 Å². The lowest BCUT2D eigenvalue weighted by molar-refractivity contribution is 0.1000. The van der Waals surface area contributed by atoms with Crippen LogP contribution in [0, 0.1) is 0 Å². The second-order valence-corrected chi connectivity index (χ2v) is 8.60. The number of nitrogens with two attached hydrogens (primary N) is 1. The number of primary amides is 1. The van der Waals surface area contributed by atoms with Crippen molar-refractivity contribution < 1.29 is 13.2 Å². The predicted molar refractivity (Wildman–Crippen MR) is 93.2 cm³/mol. The van der Waals surface area contributed by atoms with Gasteiger partial charge in [-0.1, -0.05) is 15.9 Å². The van der Waals surface area contributed by atoms with E-state index in [0.29, 0.717) is 16.6 Å². The molecule has 2 aliphatic rings. The molecule has 2 bridgehead atoms. The van der Waals surface area contributed by atoms with E-state index in [4.69, 9.17) is 5.73 Å². The maximum Gasteiger partial charge on any atom is 0.248 e. The Morgan fingerprint density at radius 2 is 1.83 bits per heavy atom. The second-order valence-electron chi connectivity index (χ2n) is 5.97. The van der Waals surface area contributed by atoms with Crippen molar-refractivity contribution in [1.82, 2.24) is 10.0 Å². The first-order valence-electron chi connectivity index (χ1n) is 7.22. The number of fused-ring (bicyclic) bond motifs is 2. The molecule has 1 aromatic carbocycles. The lowest BCUT2D eigenvalue weighted by Gasteiger charge is -2.29. The lowest BCUT2D eigenvalue weighted by Crippen LogP contribution is -2.47. The first-order valence-corrected chi connectivity index (χ1v) is 9.50. The minimum atomic E-state index is -3.67. The van der Waals surface area contributed by atoms with Gasteiger partial charge < -0.3 is 11.1 Å². The smallest absolute Gasteiger partial charge is 0.248 e. The fourth-order valence-corrected chi connectivity index (χ4v) is 5.28. The van der Waals surface area contributed by atoms with Gasteiger partial charge in [0, 0.05) is 28.2 Å². The van der Waals surface area contributed by atoms with Crippen molar-refractivity contribution in [2.24, 2.45) is 5.73 Å². The number of carbonyl (C=O) groups is 1. The molecule has 2 unspecified atom stereocenters. The summed E-state index contributed by atoms with van der Waals surface area (Å²) >= 11 is 3.22. The maximum absolute atomic E-state index is 12.6.